The Labute approximate surface area is 83.3 Å². The van der Waals surface area contributed by atoms with Crippen molar-refractivity contribution in [2.24, 2.45) is 0 Å². The topological polar surface area (TPSA) is 153 Å². The highest BCUT2D eigenvalue weighted by atomic mass is 32.3. The fraction of sp³-hybridized carbons (Fsp3) is 1.00. The van der Waals surface area contributed by atoms with Gasteiger partial charge in [0, 0.05) is 13.1 Å². The molecule has 0 rings (SSSR count). The molecule has 0 saturated heterocycles. The Morgan fingerprint density at radius 2 is 1.29 bits per heavy atom. The van der Waals surface area contributed by atoms with Crippen molar-refractivity contribution in [3.8, 4) is 0 Å². The number of hydrogen-bond acceptors (Lipinski definition) is 6. The molecular formula is C5H18N2O6S. The summed E-state index contributed by atoms with van der Waals surface area (Å²) in [5.41, 5.74) is 0. The van der Waals surface area contributed by atoms with Gasteiger partial charge in [0.05, 0.1) is 13.2 Å². The Kier molecular flexibility index (Phi) is 14.9. The second kappa shape index (κ2) is 10.8. The van der Waals surface area contributed by atoms with Gasteiger partial charge in [-0.1, -0.05) is 0 Å². The van der Waals surface area contributed by atoms with Gasteiger partial charge < -0.3 is 21.3 Å². The van der Waals surface area contributed by atoms with Crippen molar-refractivity contribution in [3.05, 3.63) is 0 Å². The van der Waals surface area contributed by atoms with Gasteiger partial charge in [0.2, 0.25) is 0 Å². The number of hydrogen-bond donors (Lipinski definition) is 5. The predicted octanol–water partition coefficient (Wildman–Crippen LogP) is -1.59. The van der Waals surface area contributed by atoms with Crippen LogP contribution in [-0.4, -0.2) is 66.0 Å². The van der Waals surface area contributed by atoms with Gasteiger partial charge in [0.1, 0.15) is 0 Å². The highest BCUT2D eigenvalue weighted by Crippen LogP contribution is 1.76. The average molecular weight is 234 g/mol. The van der Waals surface area contributed by atoms with Crippen molar-refractivity contribution >= 4 is 10.4 Å². The summed E-state index contributed by atoms with van der Waals surface area (Å²) in [4.78, 5) is 1.86. The van der Waals surface area contributed by atoms with Crippen LogP contribution in [0.1, 0.15) is 0 Å². The van der Waals surface area contributed by atoms with E-state index in [0.717, 1.165) is 0 Å². The number of likely N-dealkylation sites (N-methyl/N-ethyl adjacent to an activating group) is 1. The zero-order chi connectivity index (χ0) is 10.9. The van der Waals surface area contributed by atoms with Crippen LogP contribution in [0, 0.1) is 0 Å². The zero-order valence-corrected chi connectivity index (χ0v) is 8.81. The van der Waals surface area contributed by atoms with Crippen LogP contribution < -0.4 is 6.15 Å². The lowest BCUT2D eigenvalue weighted by molar-refractivity contribution is 0.184. The third-order valence-corrected chi connectivity index (χ3v) is 0.963. The van der Waals surface area contributed by atoms with Crippen molar-refractivity contribution in [2.75, 3.05) is 33.4 Å². The average Bonchev–Trinajstić information content (AvgIpc) is 1.84. The van der Waals surface area contributed by atoms with E-state index < -0.39 is 10.4 Å². The van der Waals surface area contributed by atoms with E-state index in [2.05, 4.69) is 0 Å². The first kappa shape index (κ1) is 19.3. The van der Waals surface area contributed by atoms with Crippen LogP contribution in [0.4, 0.5) is 0 Å². The molecule has 0 aromatic carbocycles. The Balaban J connectivity index is -0.000000177. The van der Waals surface area contributed by atoms with E-state index in [1.54, 1.807) is 0 Å². The van der Waals surface area contributed by atoms with Crippen LogP contribution in [0.15, 0.2) is 0 Å². The van der Waals surface area contributed by atoms with Crippen molar-refractivity contribution in [1.82, 2.24) is 11.1 Å². The van der Waals surface area contributed by atoms with Gasteiger partial charge in [-0.3, -0.25) is 9.11 Å². The Morgan fingerprint density at radius 3 is 1.43 bits per heavy atom. The lowest BCUT2D eigenvalue weighted by atomic mass is 10.5. The molecule has 0 heterocycles. The molecule has 0 fully saturated rings. The first-order chi connectivity index (χ1) is 5.81. The van der Waals surface area contributed by atoms with Gasteiger partial charge >= 0.3 is 10.4 Å². The molecule has 90 valence electrons. The smallest absolute Gasteiger partial charge is 0.394 e. The van der Waals surface area contributed by atoms with E-state index in [1.807, 2.05) is 11.9 Å². The maximum absolute atomic E-state index is 8.74. The summed E-state index contributed by atoms with van der Waals surface area (Å²) in [5.74, 6) is 0. The minimum absolute atomic E-state index is 0. The lowest BCUT2D eigenvalue weighted by Crippen LogP contribution is -2.25. The molecule has 0 radical (unpaired) electrons. The molecule has 0 aromatic rings. The van der Waals surface area contributed by atoms with Gasteiger partial charge in [-0.15, -0.1) is 0 Å². The molecule has 0 aliphatic rings. The van der Waals surface area contributed by atoms with Gasteiger partial charge in [0.15, 0.2) is 0 Å². The highest BCUT2D eigenvalue weighted by Gasteiger charge is 1.91. The SMILES string of the molecule is CN(CCO)CCO.N.O=S(=O)(O)O. The summed E-state index contributed by atoms with van der Waals surface area (Å²) in [7, 11) is -2.81. The Hall–Kier alpha value is -0.290. The third-order valence-electron chi connectivity index (χ3n) is 0.963. The molecule has 0 aromatic heterocycles. The number of nitrogens with zero attached hydrogens (tertiary/aromatic N) is 1. The number of aliphatic hydroxyl groups is 2. The second-order valence-electron chi connectivity index (χ2n) is 2.20. The second-order valence-corrected chi connectivity index (χ2v) is 3.09. The summed E-state index contributed by atoms with van der Waals surface area (Å²) in [6, 6.07) is 0. The monoisotopic (exact) mass is 234 g/mol. The molecule has 0 amide bonds. The quantitative estimate of drug-likeness (QED) is 0.365. The first-order valence-corrected chi connectivity index (χ1v) is 4.81. The normalized spacial score (nSPS) is 10.1. The summed E-state index contributed by atoms with van der Waals surface area (Å²) < 4.78 is 31.6. The molecule has 0 aliphatic carbocycles. The largest absolute Gasteiger partial charge is 0.395 e. The van der Waals surface area contributed by atoms with E-state index in [1.165, 1.54) is 0 Å². The summed E-state index contributed by atoms with van der Waals surface area (Å²) in [5, 5.41) is 16.7. The summed E-state index contributed by atoms with van der Waals surface area (Å²) >= 11 is 0. The molecule has 14 heavy (non-hydrogen) atoms. The first-order valence-electron chi connectivity index (χ1n) is 3.41. The van der Waals surface area contributed by atoms with Gasteiger partial charge in [0.25, 0.3) is 0 Å². The zero-order valence-electron chi connectivity index (χ0n) is 8.00. The van der Waals surface area contributed by atoms with Gasteiger partial charge in [-0.25, -0.2) is 0 Å². The predicted molar refractivity (Wildman–Crippen MR) is 50.9 cm³/mol. The standard InChI is InChI=1S/C5H13NO2.H3N.H2O4S/c1-6(2-4-7)3-5-8;;1-5(2,3)4/h7-8H,2-5H2,1H3;1H3;(H2,1,2,3,4). The fourth-order valence-electron chi connectivity index (χ4n) is 0.453. The molecular weight excluding hydrogens is 216 g/mol. The van der Waals surface area contributed by atoms with E-state index >= 15 is 0 Å². The molecule has 0 spiro atoms. The number of aliphatic hydroxyl groups excluding tert-OH is 2. The van der Waals surface area contributed by atoms with Gasteiger partial charge in [-0.05, 0) is 7.05 Å². The van der Waals surface area contributed by atoms with E-state index in [4.69, 9.17) is 27.7 Å². The maximum atomic E-state index is 8.74. The van der Waals surface area contributed by atoms with Crippen molar-refractivity contribution < 1.29 is 27.7 Å². The molecule has 9 heteroatoms. The number of rotatable bonds is 4. The van der Waals surface area contributed by atoms with Crippen LogP contribution in [0.2, 0.25) is 0 Å². The van der Waals surface area contributed by atoms with E-state index in [9.17, 15) is 0 Å². The molecule has 8 nitrogen and oxygen atoms in total. The van der Waals surface area contributed by atoms with Crippen LogP contribution in [-0.2, 0) is 10.4 Å². The summed E-state index contributed by atoms with van der Waals surface area (Å²) in [6.07, 6.45) is 0. The molecule has 0 saturated carbocycles. The molecule has 0 unspecified atom stereocenters. The van der Waals surface area contributed by atoms with E-state index in [-0.39, 0.29) is 19.4 Å². The minimum atomic E-state index is -4.67. The Morgan fingerprint density at radius 1 is 1.07 bits per heavy atom. The van der Waals surface area contributed by atoms with Crippen LogP contribution in [0.5, 0.6) is 0 Å². The molecule has 7 N–H and O–H groups in total. The van der Waals surface area contributed by atoms with Crippen molar-refractivity contribution in [3.63, 3.8) is 0 Å². The molecule has 0 aliphatic heterocycles. The van der Waals surface area contributed by atoms with E-state index in [0.29, 0.717) is 13.1 Å². The fourth-order valence-corrected chi connectivity index (χ4v) is 0.453. The molecule has 0 bridgehead atoms. The maximum Gasteiger partial charge on any atom is 0.394 e. The highest BCUT2D eigenvalue weighted by molar-refractivity contribution is 7.79. The summed E-state index contributed by atoms with van der Waals surface area (Å²) in [6.45, 7) is 1.61. The van der Waals surface area contributed by atoms with Crippen molar-refractivity contribution in [2.45, 2.75) is 0 Å². The lowest BCUT2D eigenvalue weighted by Gasteiger charge is -2.11. The molecule has 0 atom stereocenters. The van der Waals surface area contributed by atoms with Gasteiger partial charge in [-0.2, -0.15) is 8.42 Å². The van der Waals surface area contributed by atoms with Crippen molar-refractivity contribution in [1.29, 1.82) is 0 Å². The van der Waals surface area contributed by atoms with Crippen LogP contribution >= 0.6 is 0 Å². The minimum Gasteiger partial charge on any atom is -0.395 e. The third kappa shape index (κ3) is 41.2. The van der Waals surface area contributed by atoms with Crippen LogP contribution in [0.3, 0.4) is 0 Å². The van der Waals surface area contributed by atoms with Crippen LogP contribution in [0.25, 0.3) is 0 Å². The Bertz CT molecular complexity index is 180.